The molecule has 0 aromatic carbocycles. The average molecular weight is 94.2 g/mol. The topological polar surface area (TPSA) is 40.7 Å². The molecule has 34 valence electrons. The van der Waals surface area contributed by atoms with Crippen molar-refractivity contribution in [1.82, 2.24) is 0 Å². The summed E-state index contributed by atoms with van der Waals surface area (Å²) in [6, 6.07) is 0. The minimum Gasteiger partial charge on any atom is -0.428 e. The highest BCUT2D eigenvalue weighted by atomic mass is 28.2. The third-order valence-electron chi connectivity index (χ3n) is 0.289. The Hall–Kier alpha value is 0.137. The molecular weight excluding hydrogens is 84.1 g/mol. The molecule has 0 aliphatic carbocycles. The smallest absolute Gasteiger partial charge is 0.145 e. The van der Waals surface area contributed by atoms with E-state index >= 15 is 0 Å². The third-order valence-corrected chi connectivity index (χ3v) is 0.866. The number of hydrogen-bond acceptors (Lipinski definition) is 1. The molecule has 5 heavy (non-hydrogen) atoms. The summed E-state index contributed by atoms with van der Waals surface area (Å²) < 4.78 is 4.68. The molecule has 0 aromatic heterocycles. The average Bonchev–Trinajstić information content (AvgIpc) is 1.37. The molecule has 0 aromatic rings. The molecule has 0 aliphatic rings. The van der Waals surface area contributed by atoms with Crippen LogP contribution >= 0.6 is 0 Å². The molecule has 0 unspecified atom stereocenters. The summed E-state index contributed by atoms with van der Waals surface area (Å²) in [4.78, 5) is 0. The Kier molecular flexibility index (Phi) is 15.9. The molecule has 0 heterocycles. The van der Waals surface area contributed by atoms with Crippen LogP contribution in [0.25, 0.3) is 0 Å². The van der Waals surface area contributed by atoms with Crippen LogP contribution in [0.1, 0.15) is 6.92 Å². The van der Waals surface area contributed by atoms with Crippen LogP contribution < -0.4 is 0 Å². The van der Waals surface area contributed by atoms with Gasteiger partial charge in [0.15, 0.2) is 0 Å². The lowest BCUT2D eigenvalue weighted by Gasteiger charge is -1.77. The van der Waals surface area contributed by atoms with Crippen LogP contribution in [0.4, 0.5) is 0 Å². The Labute approximate surface area is 35.0 Å². The molecule has 0 saturated carbocycles. The Bertz CT molecular complexity index is 9.61. The lowest BCUT2D eigenvalue weighted by atomic mass is 10.9. The van der Waals surface area contributed by atoms with Crippen molar-refractivity contribution in [3.05, 3.63) is 0 Å². The van der Waals surface area contributed by atoms with E-state index in [9.17, 15) is 0 Å². The molecule has 0 rings (SSSR count). The largest absolute Gasteiger partial charge is 0.428 e. The highest BCUT2D eigenvalue weighted by molar-refractivity contribution is 5.97. The first kappa shape index (κ1) is 8.93. The van der Waals surface area contributed by atoms with Crippen molar-refractivity contribution in [3.8, 4) is 0 Å². The molecule has 0 bridgehead atoms. The summed E-state index contributed by atoms with van der Waals surface area (Å²) in [7, 11) is 0.890. The minimum absolute atomic E-state index is 0. The fraction of sp³-hybridized carbons (Fsp3) is 1.00. The third kappa shape index (κ3) is 14.6. The molecule has 3 heteroatoms. The van der Waals surface area contributed by atoms with E-state index in [1.807, 2.05) is 6.92 Å². The zero-order valence-electron chi connectivity index (χ0n) is 3.62. The highest BCUT2D eigenvalue weighted by Crippen LogP contribution is 1.50. The SMILES string of the molecule is CCO[SiH3].O. The molecule has 0 radical (unpaired) electrons. The van der Waals surface area contributed by atoms with E-state index in [0.29, 0.717) is 0 Å². The summed E-state index contributed by atoms with van der Waals surface area (Å²) in [6.45, 7) is 2.87. The molecular formula is C2H10O2Si. The predicted octanol–water partition coefficient (Wildman–Crippen LogP) is -1.52. The Morgan fingerprint density at radius 2 is 2.00 bits per heavy atom. The van der Waals surface area contributed by atoms with Gasteiger partial charge in [0.05, 0.1) is 0 Å². The molecule has 0 saturated heterocycles. The van der Waals surface area contributed by atoms with E-state index in [-0.39, 0.29) is 5.48 Å². The number of hydrogen-bond donors (Lipinski definition) is 0. The quantitative estimate of drug-likeness (QED) is 0.364. The lowest BCUT2D eigenvalue weighted by Crippen LogP contribution is -1.76. The lowest BCUT2D eigenvalue weighted by molar-refractivity contribution is 0.375. The fourth-order valence-corrected chi connectivity index (χ4v) is 0. The number of rotatable bonds is 1. The van der Waals surface area contributed by atoms with Gasteiger partial charge < -0.3 is 9.90 Å². The van der Waals surface area contributed by atoms with Crippen LogP contribution in [0.5, 0.6) is 0 Å². The minimum atomic E-state index is 0. The Balaban J connectivity index is 0. The van der Waals surface area contributed by atoms with Crippen LogP contribution in [-0.2, 0) is 4.43 Å². The van der Waals surface area contributed by atoms with Crippen LogP contribution in [0.2, 0.25) is 0 Å². The first-order valence-corrected chi connectivity index (χ1v) is 2.22. The molecule has 0 spiro atoms. The predicted molar refractivity (Wildman–Crippen MR) is 25.2 cm³/mol. The van der Waals surface area contributed by atoms with E-state index in [2.05, 4.69) is 4.43 Å². The zero-order chi connectivity index (χ0) is 3.41. The molecule has 2 N–H and O–H groups in total. The second-order valence-electron chi connectivity index (χ2n) is 0.577. The Morgan fingerprint density at radius 3 is 2.00 bits per heavy atom. The molecule has 0 amide bonds. The van der Waals surface area contributed by atoms with Gasteiger partial charge in [0, 0.05) is 6.61 Å². The molecule has 0 atom stereocenters. The van der Waals surface area contributed by atoms with Crippen molar-refractivity contribution in [2.75, 3.05) is 6.61 Å². The Morgan fingerprint density at radius 1 is 1.80 bits per heavy atom. The highest BCUT2D eigenvalue weighted by Gasteiger charge is 1.51. The van der Waals surface area contributed by atoms with E-state index in [1.165, 1.54) is 0 Å². The van der Waals surface area contributed by atoms with Gasteiger partial charge in [-0.15, -0.1) is 0 Å². The molecule has 2 nitrogen and oxygen atoms in total. The van der Waals surface area contributed by atoms with Gasteiger partial charge in [0.25, 0.3) is 0 Å². The second kappa shape index (κ2) is 8.91. The summed E-state index contributed by atoms with van der Waals surface area (Å²) in [5.41, 5.74) is 0. The standard InChI is InChI=1S/C2H8OSi.H2O/c1-2-3-4;/h2H2,1,4H3;1H2. The van der Waals surface area contributed by atoms with Crippen LogP contribution in [0.3, 0.4) is 0 Å². The van der Waals surface area contributed by atoms with Crippen LogP contribution in [-0.4, -0.2) is 22.6 Å². The van der Waals surface area contributed by atoms with Gasteiger partial charge in [-0.3, -0.25) is 0 Å². The van der Waals surface area contributed by atoms with Crippen molar-refractivity contribution in [2.45, 2.75) is 6.92 Å². The van der Waals surface area contributed by atoms with Gasteiger partial charge >= 0.3 is 0 Å². The zero-order valence-corrected chi connectivity index (χ0v) is 5.62. The molecule has 0 fully saturated rings. The normalized spacial score (nSPS) is 6.60. The van der Waals surface area contributed by atoms with Crippen LogP contribution in [0, 0.1) is 0 Å². The fourth-order valence-electron chi connectivity index (χ4n) is 0. The van der Waals surface area contributed by atoms with Gasteiger partial charge in [-0.05, 0) is 6.92 Å². The van der Waals surface area contributed by atoms with Crippen molar-refractivity contribution in [2.24, 2.45) is 0 Å². The van der Waals surface area contributed by atoms with E-state index < -0.39 is 0 Å². The van der Waals surface area contributed by atoms with Crippen molar-refractivity contribution in [3.63, 3.8) is 0 Å². The summed E-state index contributed by atoms with van der Waals surface area (Å²) in [5, 5.41) is 0. The van der Waals surface area contributed by atoms with Gasteiger partial charge in [-0.1, -0.05) is 0 Å². The van der Waals surface area contributed by atoms with Gasteiger partial charge in [0.1, 0.15) is 10.5 Å². The van der Waals surface area contributed by atoms with Crippen molar-refractivity contribution < 1.29 is 9.90 Å². The second-order valence-corrected chi connectivity index (χ2v) is 1.15. The maximum atomic E-state index is 4.68. The van der Waals surface area contributed by atoms with Gasteiger partial charge in [-0.25, -0.2) is 0 Å². The first-order valence-electron chi connectivity index (χ1n) is 1.40. The van der Waals surface area contributed by atoms with Gasteiger partial charge in [0.2, 0.25) is 0 Å². The van der Waals surface area contributed by atoms with E-state index in [4.69, 9.17) is 0 Å². The van der Waals surface area contributed by atoms with Crippen molar-refractivity contribution >= 4 is 10.5 Å². The van der Waals surface area contributed by atoms with E-state index in [0.717, 1.165) is 17.1 Å². The monoisotopic (exact) mass is 94.0 g/mol. The summed E-state index contributed by atoms with van der Waals surface area (Å²) >= 11 is 0. The maximum Gasteiger partial charge on any atom is 0.145 e. The van der Waals surface area contributed by atoms with Gasteiger partial charge in [-0.2, -0.15) is 0 Å². The summed E-state index contributed by atoms with van der Waals surface area (Å²) in [6.07, 6.45) is 0. The maximum absolute atomic E-state index is 4.68. The first-order chi connectivity index (χ1) is 1.91. The van der Waals surface area contributed by atoms with E-state index in [1.54, 1.807) is 0 Å². The van der Waals surface area contributed by atoms with Crippen molar-refractivity contribution in [1.29, 1.82) is 0 Å². The summed E-state index contributed by atoms with van der Waals surface area (Å²) in [5.74, 6) is 0. The van der Waals surface area contributed by atoms with Crippen LogP contribution in [0.15, 0.2) is 0 Å². The molecule has 0 aliphatic heterocycles.